The number of benzene rings is 1. The molecule has 3 rings (SSSR count). The van der Waals surface area contributed by atoms with Crippen molar-refractivity contribution in [1.29, 1.82) is 0 Å². The minimum Gasteiger partial charge on any atom is -0.352 e. The number of aromatic nitrogens is 3. The number of sulfonamides is 1. The van der Waals surface area contributed by atoms with Crippen molar-refractivity contribution in [2.75, 3.05) is 13.6 Å². The van der Waals surface area contributed by atoms with Gasteiger partial charge in [0, 0.05) is 19.2 Å². The van der Waals surface area contributed by atoms with Crippen LogP contribution in [-0.2, 0) is 16.4 Å². The van der Waals surface area contributed by atoms with Gasteiger partial charge in [0.1, 0.15) is 5.82 Å². The first-order valence-corrected chi connectivity index (χ1v) is 9.58. The van der Waals surface area contributed by atoms with Crippen LogP contribution in [0.15, 0.2) is 47.5 Å². The van der Waals surface area contributed by atoms with Crippen LogP contribution >= 0.6 is 11.6 Å². The smallest absolute Gasteiger partial charge is 0.252 e. The van der Waals surface area contributed by atoms with Gasteiger partial charge in [-0.05, 0) is 37.4 Å². The van der Waals surface area contributed by atoms with Crippen LogP contribution in [0.4, 0.5) is 0 Å². The SMILES string of the molecule is CNS(=O)(=O)c1ccc(Cl)c(C(=O)NCCc2nnc3ccccn23)c1. The van der Waals surface area contributed by atoms with Crippen molar-refractivity contribution in [2.24, 2.45) is 0 Å². The molecule has 0 aliphatic rings. The average molecular weight is 394 g/mol. The number of carbonyl (C=O) groups excluding carboxylic acids is 1. The third kappa shape index (κ3) is 3.69. The Hall–Kier alpha value is -2.49. The minimum absolute atomic E-state index is 0.0296. The largest absolute Gasteiger partial charge is 0.352 e. The van der Waals surface area contributed by atoms with Gasteiger partial charge in [-0.2, -0.15) is 0 Å². The van der Waals surface area contributed by atoms with Gasteiger partial charge in [-0.25, -0.2) is 13.1 Å². The van der Waals surface area contributed by atoms with Crippen molar-refractivity contribution in [3.05, 3.63) is 59.0 Å². The van der Waals surface area contributed by atoms with Gasteiger partial charge in [0.15, 0.2) is 5.65 Å². The van der Waals surface area contributed by atoms with E-state index in [4.69, 9.17) is 11.6 Å². The zero-order chi connectivity index (χ0) is 18.7. The molecule has 2 aromatic heterocycles. The van der Waals surface area contributed by atoms with Crippen LogP contribution in [0.3, 0.4) is 0 Å². The van der Waals surface area contributed by atoms with Gasteiger partial charge in [-0.3, -0.25) is 9.20 Å². The molecular formula is C16H16ClN5O3S. The lowest BCUT2D eigenvalue weighted by Crippen LogP contribution is -2.27. The number of fused-ring (bicyclic) bond motifs is 1. The van der Waals surface area contributed by atoms with Gasteiger partial charge in [0.2, 0.25) is 10.0 Å². The zero-order valence-corrected chi connectivity index (χ0v) is 15.4. The van der Waals surface area contributed by atoms with E-state index in [0.29, 0.717) is 18.8 Å². The molecule has 0 spiro atoms. The Kier molecular flexibility index (Phi) is 5.21. The zero-order valence-electron chi connectivity index (χ0n) is 13.8. The van der Waals surface area contributed by atoms with E-state index in [0.717, 1.165) is 5.65 Å². The minimum atomic E-state index is -3.66. The fraction of sp³-hybridized carbons (Fsp3) is 0.188. The molecule has 1 amide bonds. The van der Waals surface area contributed by atoms with Crippen molar-refractivity contribution in [3.63, 3.8) is 0 Å². The number of halogens is 1. The summed E-state index contributed by atoms with van der Waals surface area (Å²) in [5.41, 5.74) is 0.816. The number of hydrogen-bond donors (Lipinski definition) is 2. The maximum Gasteiger partial charge on any atom is 0.252 e. The summed E-state index contributed by atoms with van der Waals surface area (Å²) in [6.45, 7) is 0.299. The van der Waals surface area contributed by atoms with Crippen LogP contribution < -0.4 is 10.0 Å². The maximum absolute atomic E-state index is 12.4. The second-order valence-electron chi connectivity index (χ2n) is 5.40. The van der Waals surface area contributed by atoms with Gasteiger partial charge in [-0.15, -0.1) is 10.2 Å². The molecule has 1 aromatic carbocycles. The number of pyridine rings is 1. The summed E-state index contributed by atoms with van der Waals surface area (Å²) >= 11 is 6.04. The van der Waals surface area contributed by atoms with E-state index < -0.39 is 15.9 Å². The lowest BCUT2D eigenvalue weighted by Gasteiger charge is -2.09. The number of carbonyl (C=O) groups is 1. The Labute approximate surface area is 155 Å². The fourth-order valence-corrected chi connectivity index (χ4v) is 3.37. The van der Waals surface area contributed by atoms with Gasteiger partial charge in [0.25, 0.3) is 5.91 Å². The second-order valence-corrected chi connectivity index (χ2v) is 7.69. The highest BCUT2D eigenvalue weighted by atomic mass is 35.5. The first kappa shape index (κ1) is 18.3. The van der Waals surface area contributed by atoms with E-state index in [1.807, 2.05) is 28.8 Å². The third-order valence-electron chi connectivity index (χ3n) is 3.78. The fourth-order valence-electron chi connectivity index (χ4n) is 2.41. The summed E-state index contributed by atoms with van der Waals surface area (Å²) in [5.74, 6) is 0.246. The van der Waals surface area contributed by atoms with E-state index in [9.17, 15) is 13.2 Å². The third-order valence-corrected chi connectivity index (χ3v) is 5.52. The molecule has 0 fully saturated rings. The van der Waals surface area contributed by atoms with E-state index in [1.54, 1.807) is 0 Å². The molecule has 0 unspecified atom stereocenters. The molecule has 0 aliphatic heterocycles. The molecule has 10 heteroatoms. The lowest BCUT2D eigenvalue weighted by atomic mass is 10.2. The van der Waals surface area contributed by atoms with Crippen LogP contribution in [0.1, 0.15) is 16.2 Å². The molecule has 2 N–H and O–H groups in total. The molecule has 0 saturated heterocycles. The molecule has 2 heterocycles. The van der Waals surface area contributed by atoms with Crippen LogP contribution in [0, 0.1) is 0 Å². The Morgan fingerprint density at radius 2 is 2.04 bits per heavy atom. The Bertz CT molecular complexity index is 1060. The molecule has 0 saturated carbocycles. The van der Waals surface area contributed by atoms with Gasteiger partial charge < -0.3 is 5.32 Å². The molecular weight excluding hydrogens is 378 g/mol. The van der Waals surface area contributed by atoms with E-state index in [1.165, 1.54) is 25.2 Å². The van der Waals surface area contributed by atoms with Crippen molar-refractivity contribution >= 4 is 33.2 Å². The second kappa shape index (κ2) is 7.40. The number of nitrogens with zero attached hydrogens (tertiary/aromatic N) is 3. The van der Waals surface area contributed by atoms with Crippen molar-refractivity contribution in [2.45, 2.75) is 11.3 Å². The quantitative estimate of drug-likeness (QED) is 0.656. The van der Waals surface area contributed by atoms with Gasteiger partial charge in [-0.1, -0.05) is 17.7 Å². The molecule has 0 bridgehead atoms. The number of nitrogens with one attached hydrogen (secondary N) is 2. The van der Waals surface area contributed by atoms with Crippen LogP contribution in [-0.4, -0.2) is 42.5 Å². The standard InChI is InChI=1S/C16H16ClN5O3S/c1-18-26(24,25)11-5-6-13(17)12(10-11)16(23)19-8-7-15-21-20-14-4-2-3-9-22(14)15/h2-6,9-10,18H,7-8H2,1H3,(H,19,23). The highest BCUT2D eigenvalue weighted by Crippen LogP contribution is 2.20. The molecule has 136 valence electrons. The predicted octanol–water partition coefficient (Wildman–Crippen LogP) is 1.26. The summed E-state index contributed by atoms with van der Waals surface area (Å²) < 4.78 is 27.8. The highest BCUT2D eigenvalue weighted by molar-refractivity contribution is 7.89. The summed E-state index contributed by atoms with van der Waals surface area (Å²) in [6.07, 6.45) is 2.30. The van der Waals surface area contributed by atoms with E-state index >= 15 is 0 Å². The summed E-state index contributed by atoms with van der Waals surface area (Å²) in [4.78, 5) is 12.3. The Morgan fingerprint density at radius 1 is 1.23 bits per heavy atom. The van der Waals surface area contributed by atoms with Gasteiger partial charge in [0.05, 0.1) is 15.5 Å². The van der Waals surface area contributed by atoms with E-state index in [-0.39, 0.29) is 15.5 Å². The monoisotopic (exact) mass is 393 g/mol. The molecule has 0 aliphatic carbocycles. The van der Waals surface area contributed by atoms with Crippen molar-refractivity contribution < 1.29 is 13.2 Å². The topological polar surface area (TPSA) is 105 Å². The molecule has 0 atom stereocenters. The molecule has 8 nitrogen and oxygen atoms in total. The van der Waals surface area contributed by atoms with E-state index in [2.05, 4.69) is 20.2 Å². The van der Waals surface area contributed by atoms with Crippen molar-refractivity contribution in [3.8, 4) is 0 Å². The normalized spacial score (nSPS) is 11.6. The molecule has 0 radical (unpaired) electrons. The van der Waals surface area contributed by atoms with Crippen LogP contribution in [0.5, 0.6) is 0 Å². The molecule has 3 aromatic rings. The summed E-state index contributed by atoms with van der Waals surface area (Å²) in [7, 11) is -2.36. The Balaban J connectivity index is 1.71. The van der Waals surface area contributed by atoms with Crippen LogP contribution in [0.2, 0.25) is 5.02 Å². The summed E-state index contributed by atoms with van der Waals surface area (Å²) in [6, 6.07) is 9.54. The first-order valence-electron chi connectivity index (χ1n) is 7.72. The molecule has 26 heavy (non-hydrogen) atoms. The lowest BCUT2D eigenvalue weighted by molar-refractivity contribution is 0.0954. The summed E-state index contributed by atoms with van der Waals surface area (Å²) in [5, 5.41) is 11.0. The Morgan fingerprint density at radius 3 is 2.81 bits per heavy atom. The number of hydrogen-bond acceptors (Lipinski definition) is 5. The predicted molar refractivity (Wildman–Crippen MR) is 96.7 cm³/mol. The van der Waals surface area contributed by atoms with Crippen molar-refractivity contribution in [1.82, 2.24) is 24.6 Å². The maximum atomic E-state index is 12.4. The number of amides is 1. The van der Waals surface area contributed by atoms with Gasteiger partial charge >= 0.3 is 0 Å². The average Bonchev–Trinajstić information content (AvgIpc) is 3.05. The first-order chi connectivity index (χ1) is 12.4. The van der Waals surface area contributed by atoms with Crippen LogP contribution in [0.25, 0.3) is 5.65 Å². The highest BCUT2D eigenvalue weighted by Gasteiger charge is 2.17. The number of rotatable bonds is 6.